The van der Waals surface area contributed by atoms with E-state index < -0.39 is 0 Å². The van der Waals surface area contributed by atoms with E-state index in [1.54, 1.807) is 0 Å². The zero-order chi connectivity index (χ0) is 18.9. The van der Waals surface area contributed by atoms with Crippen LogP contribution in [-0.2, 0) is 17.8 Å². The Morgan fingerprint density at radius 3 is 1.96 bits per heavy atom. The van der Waals surface area contributed by atoms with Gasteiger partial charge in [-0.15, -0.1) is 0 Å². The smallest absolute Gasteiger partial charge is 0.409 e. The number of likely N-dealkylation sites (tertiary alicyclic amines) is 1. The highest BCUT2D eigenvalue weighted by atomic mass is 16.6. The van der Waals surface area contributed by atoms with Gasteiger partial charge in [-0.05, 0) is 37.3 Å². The van der Waals surface area contributed by atoms with Gasteiger partial charge in [-0.2, -0.15) is 0 Å². The van der Waals surface area contributed by atoms with Gasteiger partial charge in [0.15, 0.2) is 0 Å². The first-order chi connectivity index (χ1) is 13.2. The fraction of sp³-hybridized carbons (Fsp3) is 0.435. The zero-order valence-electron chi connectivity index (χ0n) is 16.2. The molecule has 0 aliphatic carbocycles. The molecule has 0 saturated carbocycles. The molecule has 0 aromatic heterocycles. The van der Waals surface area contributed by atoms with Crippen LogP contribution in [0.2, 0.25) is 0 Å². The van der Waals surface area contributed by atoms with Gasteiger partial charge in [-0.1, -0.05) is 60.7 Å². The summed E-state index contributed by atoms with van der Waals surface area (Å²) in [4.78, 5) is 16.5. The standard InChI is InChI=1S/C23H30N2O2/c1-20(19-27-23(26)24-15-9-4-10-16-24)25(17-21-11-5-2-6-12-21)18-22-13-7-3-8-14-22/h2-3,5-8,11-14,20H,4,9-10,15-19H2,1H3/t20-/m0/s1. The van der Waals surface area contributed by atoms with Crippen molar-refractivity contribution in [3.63, 3.8) is 0 Å². The maximum absolute atomic E-state index is 12.3. The number of nitrogens with zero attached hydrogens (tertiary/aromatic N) is 2. The maximum atomic E-state index is 12.3. The number of hydrogen-bond donors (Lipinski definition) is 0. The maximum Gasteiger partial charge on any atom is 0.409 e. The lowest BCUT2D eigenvalue weighted by molar-refractivity contribution is 0.0602. The largest absolute Gasteiger partial charge is 0.448 e. The third-order valence-electron chi connectivity index (χ3n) is 5.14. The van der Waals surface area contributed by atoms with E-state index in [0.29, 0.717) is 6.61 Å². The summed E-state index contributed by atoms with van der Waals surface area (Å²) >= 11 is 0. The van der Waals surface area contributed by atoms with Gasteiger partial charge in [-0.25, -0.2) is 4.79 Å². The van der Waals surface area contributed by atoms with E-state index in [4.69, 9.17) is 4.74 Å². The molecule has 144 valence electrons. The third kappa shape index (κ3) is 6.10. The van der Waals surface area contributed by atoms with Crippen molar-refractivity contribution in [3.8, 4) is 0 Å². The van der Waals surface area contributed by atoms with E-state index in [1.165, 1.54) is 17.5 Å². The summed E-state index contributed by atoms with van der Waals surface area (Å²) < 4.78 is 5.64. The Hall–Kier alpha value is -2.33. The van der Waals surface area contributed by atoms with Crippen molar-refractivity contribution in [2.75, 3.05) is 19.7 Å². The van der Waals surface area contributed by atoms with Crippen LogP contribution < -0.4 is 0 Å². The van der Waals surface area contributed by atoms with Gasteiger partial charge >= 0.3 is 6.09 Å². The summed E-state index contributed by atoms with van der Waals surface area (Å²) in [5, 5.41) is 0. The molecule has 0 bridgehead atoms. The van der Waals surface area contributed by atoms with E-state index in [1.807, 2.05) is 17.0 Å². The first-order valence-corrected chi connectivity index (χ1v) is 9.96. The highest BCUT2D eigenvalue weighted by molar-refractivity contribution is 5.67. The zero-order valence-corrected chi connectivity index (χ0v) is 16.2. The van der Waals surface area contributed by atoms with Crippen molar-refractivity contribution in [1.82, 2.24) is 9.80 Å². The molecule has 1 saturated heterocycles. The molecule has 2 aromatic carbocycles. The van der Waals surface area contributed by atoms with E-state index in [-0.39, 0.29) is 12.1 Å². The second kappa shape index (κ2) is 10.1. The average molecular weight is 367 g/mol. The Kier molecular flexibility index (Phi) is 7.28. The molecule has 0 N–H and O–H groups in total. The number of rotatable bonds is 7. The minimum atomic E-state index is -0.166. The molecule has 0 unspecified atom stereocenters. The highest BCUT2D eigenvalue weighted by Crippen LogP contribution is 2.15. The van der Waals surface area contributed by atoms with Gasteiger partial charge < -0.3 is 9.64 Å². The molecule has 4 nitrogen and oxygen atoms in total. The van der Waals surface area contributed by atoms with Gasteiger partial charge in [0.1, 0.15) is 6.61 Å². The first kappa shape index (κ1) is 19.4. The Balaban J connectivity index is 1.60. The molecule has 1 aliphatic heterocycles. The molecule has 1 amide bonds. The van der Waals surface area contributed by atoms with Crippen LogP contribution >= 0.6 is 0 Å². The highest BCUT2D eigenvalue weighted by Gasteiger charge is 2.21. The molecule has 3 rings (SSSR count). The quantitative estimate of drug-likeness (QED) is 0.712. The topological polar surface area (TPSA) is 32.8 Å². The van der Waals surface area contributed by atoms with Crippen LogP contribution in [0.3, 0.4) is 0 Å². The summed E-state index contributed by atoms with van der Waals surface area (Å²) in [6.07, 6.45) is 3.21. The number of benzene rings is 2. The van der Waals surface area contributed by atoms with Gasteiger partial charge in [0.25, 0.3) is 0 Å². The van der Waals surface area contributed by atoms with E-state index in [0.717, 1.165) is 39.0 Å². The van der Waals surface area contributed by atoms with Crippen molar-refractivity contribution in [2.45, 2.75) is 45.3 Å². The van der Waals surface area contributed by atoms with Crippen LogP contribution in [0.25, 0.3) is 0 Å². The second-order valence-corrected chi connectivity index (χ2v) is 7.35. The number of hydrogen-bond acceptors (Lipinski definition) is 3. The van der Waals surface area contributed by atoms with Gasteiger partial charge in [0.05, 0.1) is 0 Å². The summed E-state index contributed by atoms with van der Waals surface area (Å²) in [6, 6.07) is 21.1. The molecule has 0 spiro atoms. The lowest BCUT2D eigenvalue weighted by Gasteiger charge is -2.31. The van der Waals surface area contributed by atoms with E-state index in [9.17, 15) is 4.79 Å². The molecule has 4 heteroatoms. The lowest BCUT2D eigenvalue weighted by atomic mass is 10.1. The van der Waals surface area contributed by atoms with Crippen LogP contribution in [0.4, 0.5) is 4.79 Å². The monoisotopic (exact) mass is 366 g/mol. The molecule has 0 radical (unpaired) electrons. The van der Waals surface area contributed by atoms with Gasteiger partial charge in [-0.3, -0.25) is 4.90 Å². The van der Waals surface area contributed by atoms with Gasteiger partial charge in [0.2, 0.25) is 0 Å². The fourth-order valence-electron chi connectivity index (χ4n) is 3.47. The summed E-state index contributed by atoms with van der Waals surface area (Å²) in [7, 11) is 0. The summed E-state index contributed by atoms with van der Waals surface area (Å²) in [5.74, 6) is 0. The van der Waals surface area contributed by atoms with Crippen LogP contribution in [0, 0.1) is 0 Å². The molecule has 2 aromatic rings. The van der Waals surface area contributed by atoms with Gasteiger partial charge in [0, 0.05) is 32.2 Å². The lowest BCUT2D eigenvalue weighted by Crippen LogP contribution is -2.40. The minimum Gasteiger partial charge on any atom is -0.448 e. The second-order valence-electron chi connectivity index (χ2n) is 7.35. The number of carbonyl (C=O) groups is 1. The number of amides is 1. The molecular weight excluding hydrogens is 336 g/mol. The average Bonchev–Trinajstić information content (AvgIpc) is 2.73. The van der Waals surface area contributed by atoms with Crippen molar-refractivity contribution < 1.29 is 9.53 Å². The molecule has 1 atom stereocenters. The normalized spacial score (nSPS) is 15.6. The van der Waals surface area contributed by atoms with Crippen molar-refractivity contribution in [3.05, 3.63) is 71.8 Å². The Morgan fingerprint density at radius 2 is 1.44 bits per heavy atom. The van der Waals surface area contributed by atoms with Crippen LogP contribution in [0.1, 0.15) is 37.3 Å². The minimum absolute atomic E-state index is 0.138. The number of ether oxygens (including phenoxy) is 1. The SMILES string of the molecule is C[C@@H](COC(=O)N1CCCCC1)N(Cc1ccccc1)Cc1ccccc1. The summed E-state index contributed by atoms with van der Waals surface area (Å²) in [6.45, 7) is 5.86. The Morgan fingerprint density at radius 1 is 0.926 bits per heavy atom. The van der Waals surface area contributed by atoms with E-state index in [2.05, 4.69) is 60.4 Å². The predicted octanol–water partition coefficient (Wildman–Crippen LogP) is 4.70. The van der Waals surface area contributed by atoms with Crippen molar-refractivity contribution in [2.24, 2.45) is 0 Å². The predicted molar refractivity (Wildman–Crippen MR) is 108 cm³/mol. The van der Waals surface area contributed by atoms with Crippen molar-refractivity contribution in [1.29, 1.82) is 0 Å². The van der Waals surface area contributed by atoms with E-state index >= 15 is 0 Å². The summed E-state index contributed by atoms with van der Waals surface area (Å²) in [5.41, 5.74) is 2.53. The molecule has 1 heterocycles. The van der Waals surface area contributed by atoms with Crippen LogP contribution in [0.15, 0.2) is 60.7 Å². The molecule has 1 aliphatic rings. The third-order valence-corrected chi connectivity index (χ3v) is 5.14. The number of carbonyl (C=O) groups excluding carboxylic acids is 1. The van der Waals surface area contributed by atoms with Crippen molar-refractivity contribution >= 4 is 6.09 Å². The van der Waals surface area contributed by atoms with Crippen LogP contribution in [0.5, 0.6) is 0 Å². The number of piperidine rings is 1. The molecule has 1 fully saturated rings. The molecular formula is C23H30N2O2. The van der Waals surface area contributed by atoms with Crippen LogP contribution in [-0.4, -0.2) is 41.6 Å². The Bertz CT molecular complexity index is 643. The first-order valence-electron chi connectivity index (χ1n) is 9.96. The Labute approximate surface area is 162 Å². The fourth-order valence-corrected chi connectivity index (χ4v) is 3.47. The molecule has 27 heavy (non-hydrogen) atoms.